The average Bonchev–Trinajstić information content (AvgIpc) is 3.53. The minimum absolute atomic E-state index is 0.00331. The number of hydrogen-bond donors (Lipinski definition) is 1. The number of benzene rings is 2. The molecule has 0 radical (unpaired) electrons. The molecular formula is C23H25Cl2NO3. The zero-order valence-corrected chi connectivity index (χ0v) is 17.6. The van der Waals surface area contributed by atoms with Crippen molar-refractivity contribution in [2.45, 2.75) is 43.9 Å². The Morgan fingerprint density at radius 2 is 1.79 bits per heavy atom. The van der Waals surface area contributed by atoms with Crippen LogP contribution in [0.5, 0.6) is 0 Å². The van der Waals surface area contributed by atoms with Gasteiger partial charge in [0, 0.05) is 23.2 Å². The summed E-state index contributed by atoms with van der Waals surface area (Å²) in [6.07, 6.45) is 2.44. The van der Waals surface area contributed by atoms with Gasteiger partial charge in [-0.1, -0.05) is 47.5 Å². The summed E-state index contributed by atoms with van der Waals surface area (Å²) in [5.74, 6) is 0.550. The predicted molar refractivity (Wildman–Crippen MR) is 114 cm³/mol. The highest BCUT2D eigenvalue weighted by Crippen LogP contribution is 2.45. The topological polar surface area (TPSA) is 49.8 Å². The van der Waals surface area contributed by atoms with E-state index in [-0.39, 0.29) is 24.7 Å². The van der Waals surface area contributed by atoms with E-state index in [0.717, 1.165) is 30.5 Å². The molecule has 2 aliphatic rings. The van der Waals surface area contributed by atoms with Crippen molar-refractivity contribution in [2.75, 3.05) is 13.2 Å². The lowest BCUT2D eigenvalue weighted by Gasteiger charge is -2.45. The first kappa shape index (κ1) is 20.7. The Labute approximate surface area is 181 Å². The number of amides is 1. The molecule has 1 heterocycles. The minimum atomic E-state index is -0.562. The standard InChI is InChI=1S/C23H25Cl2NO3/c24-18-10-8-16(9-11-18)21-22(17-3-1-4-19(25)13-17)29-20(5-2-12-27)23(28)26(21)14-15-6-7-15/h1,3-4,8-11,13,15,20-22,27H,2,5-7,12,14H2/t20-,21+,22-/m1/s1. The first-order valence-corrected chi connectivity index (χ1v) is 10.9. The lowest BCUT2D eigenvalue weighted by Crippen LogP contribution is -2.51. The molecule has 0 aromatic heterocycles. The van der Waals surface area contributed by atoms with Gasteiger partial charge < -0.3 is 14.7 Å². The van der Waals surface area contributed by atoms with Crippen LogP contribution < -0.4 is 0 Å². The fourth-order valence-corrected chi connectivity index (χ4v) is 4.33. The van der Waals surface area contributed by atoms with Crippen LogP contribution in [0.15, 0.2) is 48.5 Å². The highest BCUT2D eigenvalue weighted by Gasteiger charge is 2.45. The van der Waals surface area contributed by atoms with E-state index in [0.29, 0.717) is 28.8 Å². The van der Waals surface area contributed by atoms with E-state index in [1.807, 2.05) is 53.4 Å². The van der Waals surface area contributed by atoms with Crippen molar-refractivity contribution in [1.82, 2.24) is 4.90 Å². The third kappa shape index (κ3) is 4.77. The van der Waals surface area contributed by atoms with Crippen molar-refractivity contribution in [3.05, 3.63) is 69.7 Å². The van der Waals surface area contributed by atoms with Crippen molar-refractivity contribution in [3.63, 3.8) is 0 Å². The summed E-state index contributed by atoms with van der Waals surface area (Å²) in [6.45, 7) is 0.764. The molecule has 2 aromatic carbocycles. The number of morpholine rings is 1. The molecule has 1 saturated carbocycles. The van der Waals surface area contributed by atoms with E-state index < -0.39 is 6.10 Å². The highest BCUT2D eigenvalue weighted by atomic mass is 35.5. The van der Waals surface area contributed by atoms with E-state index in [1.54, 1.807) is 0 Å². The first-order valence-electron chi connectivity index (χ1n) is 10.1. The molecule has 6 heteroatoms. The lowest BCUT2D eigenvalue weighted by molar-refractivity contribution is -0.176. The van der Waals surface area contributed by atoms with Crippen molar-refractivity contribution in [3.8, 4) is 0 Å². The molecule has 1 N–H and O–H groups in total. The third-order valence-electron chi connectivity index (χ3n) is 5.66. The van der Waals surface area contributed by atoms with E-state index in [2.05, 4.69) is 0 Å². The van der Waals surface area contributed by atoms with Crippen LogP contribution in [0.25, 0.3) is 0 Å². The lowest BCUT2D eigenvalue weighted by atomic mass is 9.90. The number of carbonyl (C=O) groups excluding carboxylic acids is 1. The SMILES string of the molecule is O=C1[C@@H](CCCO)O[C@H](c2cccc(Cl)c2)[C@H](c2ccc(Cl)cc2)N1CC1CC1. The highest BCUT2D eigenvalue weighted by molar-refractivity contribution is 6.30. The number of hydrogen-bond acceptors (Lipinski definition) is 3. The number of aliphatic hydroxyl groups excluding tert-OH is 1. The number of nitrogens with zero attached hydrogens (tertiary/aromatic N) is 1. The molecule has 1 aliphatic carbocycles. The van der Waals surface area contributed by atoms with Crippen LogP contribution in [0.1, 0.15) is 49.0 Å². The van der Waals surface area contributed by atoms with E-state index in [4.69, 9.17) is 27.9 Å². The van der Waals surface area contributed by atoms with Gasteiger partial charge in [0.25, 0.3) is 5.91 Å². The van der Waals surface area contributed by atoms with Gasteiger partial charge in [-0.15, -0.1) is 0 Å². The number of halogens is 2. The maximum absolute atomic E-state index is 13.4. The second-order valence-electron chi connectivity index (χ2n) is 7.90. The molecule has 0 unspecified atom stereocenters. The van der Waals surface area contributed by atoms with Crippen LogP contribution in [0.2, 0.25) is 10.0 Å². The molecule has 154 valence electrons. The van der Waals surface area contributed by atoms with Crippen molar-refractivity contribution in [1.29, 1.82) is 0 Å². The van der Waals surface area contributed by atoms with Crippen LogP contribution in [0, 0.1) is 5.92 Å². The summed E-state index contributed by atoms with van der Waals surface area (Å²) in [5, 5.41) is 10.6. The molecule has 1 amide bonds. The van der Waals surface area contributed by atoms with Crippen molar-refractivity contribution < 1.29 is 14.6 Å². The smallest absolute Gasteiger partial charge is 0.252 e. The molecule has 0 spiro atoms. The Morgan fingerprint density at radius 1 is 1.03 bits per heavy atom. The van der Waals surface area contributed by atoms with Gasteiger partial charge in [0.05, 0.1) is 6.04 Å². The fourth-order valence-electron chi connectivity index (χ4n) is 4.00. The number of ether oxygens (including phenoxy) is 1. The molecule has 2 aromatic rings. The molecular weight excluding hydrogens is 409 g/mol. The molecule has 29 heavy (non-hydrogen) atoms. The molecule has 4 rings (SSSR count). The van der Waals surface area contributed by atoms with Gasteiger partial charge >= 0.3 is 0 Å². The van der Waals surface area contributed by atoms with Gasteiger partial charge in [-0.05, 0) is 67.0 Å². The second-order valence-corrected chi connectivity index (χ2v) is 8.77. The van der Waals surface area contributed by atoms with Crippen molar-refractivity contribution >= 4 is 29.1 Å². The Balaban J connectivity index is 1.75. The first-order chi connectivity index (χ1) is 14.1. The third-order valence-corrected chi connectivity index (χ3v) is 6.14. The van der Waals surface area contributed by atoms with Gasteiger partial charge in [0.2, 0.25) is 0 Å². The van der Waals surface area contributed by atoms with Crippen LogP contribution >= 0.6 is 23.2 Å². The van der Waals surface area contributed by atoms with Gasteiger partial charge in [-0.2, -0.15) is 0 Å². The van der Waals surface area contributed by atoms with E-state index in [1.165, 1.54) is 0 Å². The van der Waals surface area contributed by atoms with Gasteiger partial charge in [-0.25, -0.2) is 0 Å². The second kappa shape index (κ2) is 9.05. The van der Waals surface area contributed by atoms with Crippen molar-refractivity contribution in [2.24, 2.45) is 5.92 Å². The maximum atomic E-state index is 13.4. The van der Waals surface area contributed by atoms with Crippen LogP contribution in [-0.2, 0) is 9.53 Å². The van der Waals surface area contributed by atoms with Gasteiger partial charge in [-0.3, -0.25) is 4.79 Å². The summed E-state index contributed by atoms with van der Waals surface area (Å²) in [4.78, 5) is 15.3. The summed E-state index contributed by atoms with van der Waals surface area (Å²) >= 11 is 12.4. The minimum Gasteiger partial charge on any atom is -0.396 e. The van der Waals surface area contributed by atoms with Gasteiger partial charge in [0.1, 0.15) is 12.2 Å². The molecule has 2 fully saturated rings. The summed E-state index contributed by atoms with van der Waals surface area (Å²) in [7, 11) is 0. The van der Waals surface area contributed by atoms with E-state index >= 15 is 0 Å². The zero-order chi connectivity index (χ0) is 20.4. The molecule has 3 atom stereocenters. The Kier molecular flexibility index (Phi) is 6.45. The number of aliphatic hydroxyl groups is 1. The predicted octanol–water partition coefficient (Wildman–Crippen LogP) is 5.19. The molecule has 1 aliphatic heterocycles. The Bertz CT molecular complexity index is 853. The summed E-state index contributed by atoms with van der Waals surface area (Å²) in [6, 6.07) is 15.0. The van der Waals surface area contributed by atoms with E-state index in [9.17, 15) is 9.90 Å². The normalized spacial score (nSPS) is 24.7. The molecule has 1 saturated heterocycles. The summed E-state index contributed by atoms with van der Waals surface area (Å²) < 4.78 is 6.38. The van der Waals surface area contributed by atoms with Crippen LogP contribution in [-0.4, -0.2) is 35.2 Å². The number of rotatable bonds is 7. The fraction of sp³-hybridized carbons (Fsp3) is 0.435. The van der Waals surface area contributed by atoms with Crippen LogP contribution in [0.3, 0.4) is 0 Å². The maximum Gasteiger partial charge on any atom is 0.252 e. The zero-order valence-electron chi connectivity index (χ0n) is 16.1. The van der Waals surface area contributed by atoms with Crippen LogP contribution in [0.4, 0.5) is 0 Å². The molecule has 0 bridgehead atoms. The monoisotopic (exact) mass is 433 g/mol. The number of carbonyl (C=O) groups is 1. The van der Waals surface area contributed by atoms with Gasteiger partial charge in [0.15, 0.2) is 0 Å². The Hall–Kier alpha value is -1.59. The Morgan fingerprint density at radius 3 is 2.45 bits per heavy atom. The average molecular weight is 434 g/mol. The quantitative estimate of drug-likeness (QED) is 0.653. The molecule has 4 nitrogen and oxygen atoms in total. The summed E-state index contributed by atoms with van der Waals surface area (Å²) in [5.41, 5.74) is 1.94. The largest absolute Gasteiger partial charge is 0.396 e.